The molecule has 1 atom stereocenters. The molecule has 2 amide bonds. The van der Waals surface area contributed by atoms with E-state index in [0.717, 1.165) is 4.90 Å². The molecular weight excluding hydrogens is 347 g/mol. The molecule has 4 rings (SSSR count). The van der Waals surface area contributed by atoms with E-state index >= 15 is 0 Å². The zero-order valence-corrected chi connectivity index (χ0v) is 13.7. The van der Waals surface area contributed by atoms with Crippen molar-refractivity contribution in [3.8, 4) is 0 Å². The lowest BCUT2D eigenvalue weighted by molar-refractivity contribution is -0.136. The minimum Gasteiger partial charge on any atom is -0.378 e. The van der Waals surface area contributed by atoms with E-state index in [-0.39, 0.29) is 18.4 Å². The number of nitrogens with zero attached hydrogens (tertiary/aromatic N) is 2. The van der Waals surface area contributed by atoms with Gasteiger partial charge in [0.2, 0.25) is 11.5 Å². The number of carbonyl (C=O) groups excluding carboxylic acids is 2. The predicted octanol–water partition coefficient (Wildman–Crippen LogP) is 3.31. The van der Waals surface area contributed by atoms with Crippen LogP contribution in [0.2, 0.25) is 5.02 Å². The third-order valence-corrected chi connectivity index (χ3v) is 4.58. The molecule has 7 heteroatoms. The van der Waals surface area contributed by atoms with Gasteiger partial charge in [0.1, 0.15) is 5.82 Å². The summed E-state index contributed by atoms with van der Waals surface area (Å²) in [7, 11) is 0. The van der Waals surface area contributed by atoms with Crippen molar-refractivity contribution >= 4 is 34.8 Å². The van der Waals surface area contributed by atoms with Crippen LogP contribution in [0.5, 0.6) is 0 Å². The molecule has 2 heterocycles. The number of hydrogen-bond donors (Lipinski definition) is 0. The van der Waals surface area contributed by atoms with Gasteiger partial charge in [-0.05, 0) is 30.3 Å². The molecule has 2 aliphatic rings. The number of oxime groups is 1. The highest BCUT2D eigenvalue weighted by Crippen LogP contribution is 2.39. The van der Waals surface area contributed by atoms with Crippen LogP contribution in [0, 0.1) is 5.82 Å². The van der Waals surface area contributed by atoms with E-state index in [0.29, 0.717) is 16.4 Å². The van der Waals surface area contributed by atoms with Gasteiger partial charge >= 0.3 is 0 Å². The summed E-state index contributed by atoms with van der Waals surface area (Å²) in [5.74, 6) is -1.35. The molecule has 1 saturated heterocycles. The van der Waals surface area contributed by atoms with Crippen LogP contribution >= 0.6 is 11.6 Å². The van der Waals surface area contributed by atoms with Crippen LogP contribution < -0.4 is 4.90 Å². The second-order valence-electron chi connectivity index (χ2n) is 5.97. The van der Waals surface area contributed by atoms with Crippen LogP contribution in [0.1, 0.15) is 18.4 Å². The van der Waals surface area contributed by atoms with E-state index in [9.17, 15) is 14.0 Å². The average molecular weight is 359 g/mol. The number of halogens is 2. The molecule has 2 aromatic carbocycles. The fraction of sp³-hybridized carbons (Fsp3) is 0.167. The number of rotatable bonds is 2. The van der Waals surface area contributed by atoms with E-state index in [1.807, 2.05) is 0 Å². The number of imide groups is 1. The lowest BCUT2D eigenvalue weighted by Crippen LogP contribution is -2.40. The monoisotopic (exact) mass is 358 g/mol. The number of hydrogen-bond acceptors (Lipinski definition) is 4. The first-order chi connectivity index (χ1) is 12.0. The molecule has 0 radical (unpaired) electrons. The average Bonchev–Trinajstić information content (AvgIpc) is 3.11. The Hall–Kier alpha value is -2.73. The van der Waals surface area contributed by atoms with Gasteiger partial charge in [0, 0.05) is 17.0 Å². The Bertz CT molecular complexity index is 913. The molecule has 126 valence electrons. The van der Waals surface area contributed by atoms with Crippen molar-refractivity contribution < 1.29 is 18.8 Å². The lowest BCUT2D eigenvalue weighted by atomic mass is 9.92. The van der Waals surface area contributed by atoms with Crippen LogP contribution in [0.15, 0.2) is 53.7 Å². The third kappa shape index (κ3) is 2.49. The summed E-state index contributed by atoms with van der Waals surface area (Å²) >= 11 is 5.85. The molecule has 0 aliphatic carbocycles. The molecule has 2 aliphatic heterocycles. The van der Waals surface area contributed by atoms with Crippen LogP contribution in [0.3, 0.4) is 0 Å². The van der Waals surface area contributed by atoms with Crippen molar-refractivity contribution in [3.05, 3.63) is 64.9 Å². The first kappa shape index (κ1) is 15.8. The Morgan fingerprint density at radius 1 is 1.08 bits per heavy atom. The minimum atomic E-state index is -1.41. The van der Waals surface area contributed by atoms with Gasteiger partial charge in [-0.1, -0.05) is 35.0 Å². The van der Waals surface area contributed by atoms with Crippen molar-refractivity contribution in [3.63, 3.8) is 0 Å². The highest BCUT2D eigenvalue weighted by atomic mass is 35.5. The topological polar surface area (TPSA) is 59.0 Å². The number of amides is 2. The van der Waals surface area contributed by atoms with Crippen molar-refractivity contribution in [2.75, 3.05) is 4.90 Å². The van der Waals surface area contributed by atoms with Gasteiger partial charge in [0.05, 0.1) is 17.8 Å². The standard InChI is InChI=1S/C18H12ClFN2O3/c19-11-5-7-12(8-6-11)22-16(23)10-18(17(22)24)9-15(21-25-18)13-3-1-2-4-14(13)20/h1-8H,9-10H2/t18-/m1/s1. The number of anilines is 1. The summed E-state index contributed by atoms with van der Waals surface area (Å²) in [5, 5.41) is 4.38. The molecule has 5 nitrogen and oxygen atoms in total. The van der Waals surface area contributed by atoms with Crippen LogP contribution in [-0.2, 0) is 14.4 Å². The van der Waals surface area contributed by atoms with Gasteiger partial charge in [0.25, 0.3) is 5.91 Å². The summed E-state index contributed by atoms with van der Waals surface area (Å²) in [6.07, 6.45) is -0.0987. The number of carbonyl (C=O) groups is 2. The van der Waals surface area contributed by atoms with Crippen molar-refractivity contribution in [1.29, 1.82) is 0 Å². The van der Waals surface area contributed by atoms with Gasteiger partial charge < -0.3 is 4.84 Å². The zero-order chi connectivity index (χ0) is 17.6. The van der Waals surface area contributed by atoms with E-state index in [1.54, 1.807) is 42.5 Å². The first-order valence-electron chi connectivity index (χ1n) is 7.63. The molecule has 2 aromatic rings. The smallest absolute Gasteiger partial charge is 0.281 e. The summed E-state index contributed by atoms with van der Waals surface area (Å²) < 4.78 is 14.0. The van der Waals surface area contributed by atoms with Gasteiger partial charge in [-0.25, -0.2) is 9.29 Å². The molecule has 1 fully saturated rings. The Morgan fingerprint density at radius 3 is 2.52 bits per heavy atom. The van der Waals surface area contributed by atoms with E-state index in [4.69, 9.17) is 16.4 Å². The quantitative estimate of drug-likeness (QED) is 0.774. The fourth-order valence-corrected chi connectivity index (χ4v) is 3.22. The second kappa shape index (κ2) is 5.67. The van der Waals surface area contributed by atoms with Gasteiger partial charge in [-0.3, -0.25) is 9.59 Å². The maximum atomic E-state index is 14.0. The Morgan fingerprint density at radius 2 is 1.80 bits per heavy atom. The fourth-order valence-electron chi connectivity index (χ4n) is 3.09. The SMILES string of the molecule is O=C1C[C@]2(CC(c3ccccc3F)=NO2)C(=O)N1c1ccc(Cl)cc1. The molecular formula is C18H12ClFN2O3. The molecule has 25 heavy (non-hydrogen) atoms. The highest BCUT2D eigenvalue weighted by Gasteiger charge is 2.58. The largest absolute Gasteiger partial charge is 0.378 e. The normalized spacial score (nSPS) is 22.5. The molecule has 0 unspecified atom stereocenters. The third-order valence-electron chi connectivity index (χ3n) is 4.33. The van der Waals surface area contributed by atoms with E-state index in [2.05, 4.69) is 5.16 Å². The maximum Gasteiger partial charge on any atom is 0.281 e. The summed E-state index contributed by atoms with van der Waals surface area (Å²) in [4.78, 5) is 31.7. The van der Waals surface area contributed by atoms with Gasteiger partial charge in [-0.15, -0.1) is 0 Å². The number of benzene rings is 2. The van der Waals surface area contributed by atoms with Crippen molar-refractivity contribution in [2.45, 2.75) is 18.4 Å². The Balaban J connectivity index is 1.63. The zero-order valence-electron chi connectivity index (χ0n) is 12.9. The maximum absolute atomic E-state index is 14.0. The van der Waals surface area contributed by atoms with Gasteiger partial charge in [-0.2, -0.15) is 0 Å². The molecule has 0 saturated carbocycles. The molecule has 0 aromatic heterocycles. The van der Waals surface area contributed by atoms with Crippen LogP contribution in [0.4, 0.5) is 10.1 Å². The Kier molecular flexibility index (Phi) is 3.58. The van der Waals surface area contributed by atoms with E-state index < -0.39 is 23.2 Å². The summed E-state index contributed by atoms with van der Waals surface area (Å²) in [6, 6.07) is 12.5. The van der Waals surface area contributed by atoms with Gasteiger partial charge in [0.15, 0.2) is 0 Å². The van der Waals surface area contributed by atoms with Crippen LogP contribution in [0.25, 0.3) is 0 Å². The van der Waals surface area contributed by atoms with Crippen molar-refractivity contribution in [2.24, 2.45) is 5.16 Å². The Labute approximate surface area is 147 Å². The first-order valence-corrected chi connectivity index (χ1v) is 8.01. The molecule has 0 bridgehead atoms. The summed E-state index contributed by atoms with van der Waals surface area (Å²) in [5.41, 5.74) is -0.407. The second-order valence-corrected chi connectivity index (χ2v) is 6.40. The lowest BCUT2D eigenvalue weighted by Gasteiger charge is -2.19. The van der Waals surface area contributed by atoms with Crippen molar-refractivity contribution in [1.82, 2.24) is 0 Å². The summed E-state index contributed by atoms with van der Waals surface area (Å²) in [6.45, 7) is 0. The minimum absolute atomic E-state index is 0.0442. The van der Waals surface area contributed by atoms with E-state index in [1.165, 1.54) is 6.07 Å². The molecule has 0 N–H and O–H groups in total. The van der Waals surface area contributed by atoms with Crippen LogP contribution in [-0.4, -0.2) is 23.1 Å². The molecule has 1 spiro atoms. The predicted molar refractivity (Wildman–Crippen MR) is 89.9 cm³/mol. The highest BCUT2D eigenvalue weighted by molar-refractivity contribution is 6.31.